The summed E-state index contributed by atoms with van der Waals surface area (Å²) in [5, 5.41) is 16.3. The van der Waals surface area contributed by atoms with Gasteiger partial charge in [-0.05, 0) is 42.2 Å². The molecule has 1 saturated heterocycles. The number of amides is 1. The summed E-state index contributed by atoms with van der Waals surface area (Å²) in [7, 11) is 0. The van der Waals surface area contributed by atoms with E-state index in [1.54, 1.807) is 0 Å². The zero-order valence-corrected chi connectivity index (χ0v) is 10.6. The normalized spacial score (nSPS) is 25.8. The molecule has 1 fully saturated rings. The van der Waals surface area contributed by atoms with Crippen LogP contribution in [0.1, 0.15) is 31.4 Å². The minimum Gasteiger partial charge on any atom is -0.387 e. The second-order valence-electron chi connectivity index (χ2n) is 4.33. The lowest BCUT2D eigenvalue weighted by molar-refractivity contribution is -0.132. The van der Waals surface area contributed by atoms with Crippen LogP contribution in [0.25, 0.3) is 0 Å². The minimum absolute atomic E-state index is 0.122. The lowest BCUT2D eigenvalue weighted by Gasteiger charge is -2.14. The Hall–Kier alpha value is -0.910. The quantitative estimate of drug-likeness (QED) is 0.856. The van der Waals surface area contributed by atoms with Crippen molar-refractivity contribution >= 4 is 17.2 Å². The Bertz CT molecular complexity index is 366. The average Bonchev–Trinajstić information content (AvgIpc) is 2.95. The predicted molar refractivity (Wildman–Crippen MR) is 65.9 cm³/mol. The Morgan fingerprint density at radius 2 is 2.53 bits per heavy atom. The van der Waals surface area contributed by atoms with Crippen LogP contribution in [-0.4, -0.2) is 29.8 Å². The molecule has 0 saturated carbocycles. The molecule has 3 atom stereocenters. The Labute approximate surface area is 105 Å². The fraction of sp³-hybridized carbons (Fsp3) is 0.583. The molecule has 1 amide bonds. The van der Waals surface area contributed by atoms with Gasteiger partial charge < -0.3 is 15.2 Å². The highest BCUT2D eigenvalue weighted by Crippen LogP contribution is 2.19. The van der Waals surface area contributed by atoms with Crippen molar-refractivity contribution in [1.29, 1.82) is 0 Å². The number of hydrogen-bond acceptors (Lipinski definition) is 4. The summed E-state index contributed by atoms with van der Waals surface area (Å²) in [6.45, 7) is 2.21. The molecule has 1 aliphatic heterocycles. The SMILES string of the molecule is CC1CCC(C(=O)NCC(O)c2ccsc2)O1. The van der Waals surface area contributed by atoms with Gasteiger partial charge in [-0.3, -0.25) is 4.79 Å². The van der Waals surface area contributed by atoms with Crippen LogP contribution >= 0.6 is 11.3 Å². The molecule has 1 aliphatic rings. The molecule has 0 spiro atoms. The number of carbonyl (C=O) groups excluding carboxylic acids is 1. The van der Waals surface area contributed by atoms with E-state index >= 15 is 0 Å². The zero-order chi connectivity index (χ0) is 12.3. The Kier molecular flexibility index (Phi) is 4.15. The summed E-state index contributed by atoms with van der Waals surface area (Å²) in [5.74, 6) is -0.122. The molecular formula is C12H17NO3S. The second kappa shape index (κ2) is 5.62. The first kappa shape index (κ1) is 12.5. The number of thiophene rings is 1. The predicted octanol–water partition coefficient (Wildman–Crippen LogP) is 1.47. The molecule has 0 aromatic carbocycles. The number of nitrogens with one attached hydrogen (secondary N) is 1. The Morgan fingerprint density at radius 3 is 3.12 bits per heavy atom. The van der Waals surface area contributed by atoms with Crippen molar-refractivity contribution in [2.24, 2.45) is 0 Å². The third-order valence-corrected chi connectivity index (χ3v) is 3.62. The zero-order valence-electron chi connectivity index (χ0n) is 9.76. The van der Waals surface area contributed by atoms with Crippen molar-refractivity contribution in [3.05, 3.63) is 22.4 Å². The smallest absolute Gasteiger partial charge is 0.249 e. The van der Waals surface area contributed by atoms with Gasteiger partial charge >= 0.3 is 0 Å². The van der Waals surface area contributed by atoms with Crippen LogP contribution in [0, 0.1) is 0 Å². The van der Waals surface area contributed by atoms with E-state index in [0.29, 0.717) is 0 Å². The van der Waals surface area contributed by atoms with Gasteiger partial charge in [0.1, 0.15) is 6.10 Å². The largest absolute Gasteiger partial charge is 0.387 e. The van der Waals surface area contributed by atoms with Crippen LogP contribution in [0.4, 0.5) is 0 Å². The van der Waals surface area contributed by atoms with Crippen LogP contribution < -0.4 is 5.32 Å². The maximum absolute atomic E-state index is 11.7. The van der Waals surface area contributed by atoms with Crippen LogP contribution in [0.15, 0.2) is 16.8 Å². The molecule has 17 heavy (non-hydrogen) atoms. The molecule has 0 aliphatic carbocycles. The van der Waals surface area contributed by atoms with Gasteiger partial charge in [-0.15, -0.1) is 0 Å². The van der Waals surface area contributed by atoms with Crippen molar-refractivity contribution in [2.75, 3.05) is 6.54 Å². The van der Waals surface area contributed by atoms with Gasteiger partial charge in [0.15, 0.2) is 0 Å². The van der Waals surface area contributed by atoms with Crippen molar-refractivity contribution in [2.45, 2.75) is 38.1 Å². The summed E-state index contributed by atoms with van der Waals surface area (Å²) in [6, 6.07) is 1.86. The van der Waals surface area contributed by atoms with Crippen molar-refractivity contribution in [3.8, 4) is 0 Å². The topological polar surface area (TPSA) is 58.6 Å². The molecule has 3 unspecified atom stereocenters. The average molecular weight is 255 g/mol. The number of rotatable bonds is 4. The lowest BCUT2D eigenvalue weighted by atomic mass is 10.2. The number of carbonyl (C=O) groups is 1. The molecule has 0 bridgehead atoms. The fourth-order valence-corrected chi connectivity index (χ4v) is 2.60. The van der Waals surface area contributed by atoms with E-state index in [1.165, 1.54) is 11.3 Å². The number of aliphatic hydroxyl groups is 1. The van der Waals surface area contributed by atoms with E-state index in [1.807, 2.05) is 23.8 Å². The highest BCUT2D eigenvalue weighted by Gasteiger charge is 2.28. The number of hydrogen-bond donors (Lipinski definition) is 2. The van der Waals surface area contributed by atoms with E-state index in [2.05, 4.69) is 5.32 Å². The summed E-state index contributed by atoms with van der Waals surface area (Å²) in [5.41, 5.74) is 0.844. The van der Waals surface area contributed by atoms with Gasteiger partial charge in [0.05, 0.1) is 12.2 Å². The third-order valence-electron chi connectivity index (χ3n) is 2.92. The lowest BCUT2D eigenvalue weighted by Crippen LogP contribution is -2.36. The summed E-state index contributed by atoms with van der Waals surface area (Å²) in [4.78, 5) is 11.7. The fourth-order valence-electron chi connectivity index (χ4n) is 1.89. The van der Waals surface area contributed by atoms with Gasteiger partial charge in [-0.1, -0.05) is 0 Å². The van der Waals surface area contributed by atoms with Gasteiger partial charge in [-0.25, -0.2) is 0 Å². The van der Waals surface area contributed by atoms with Crippen LogP contribution in [0.5, 0.6) is 0 Å². The first-order valence-corrected chi connectivity index (χ1v) is 6.74. The van der Waals surface area contributed by atoms with E-state index in [-0.39, 0.29) is 24.7 Å². The van der Waals surface area contributed by atoms with Gasteiger partial charge in [-0.2, -0.15) is 11.3 Å². The van der Waals surface area contributed by atoms with Crippen molar-refractivity contribution < 1.29 is 14.6 Å². The number of ether oxygens (including phenoxy) is 1. The molecule has 2 N–H and O–H groups in total. The van der Waals surface area contributed by atoms with E-state index in [4.69, 9.17) is 4.74 Å². The molecule has 5 heteroatoms. The Balaban J connectivity index is 1.76. The maximum atomic E-state index is 11.7. The van der Waals surface area contributed by atoms with Crippen LogP contribution in [0.3, 0.4) is 0 Å². The first-order chi connectivity index (χ1) is 8.16. The molecule has 1 aromatic heterocycles. The molecule has 94 valence electrons. The highest BCUT2D eigenvalue weighted by atomic mass is 32.1. The maximum Gasteiger partial charge on any atom is 0.249 e. The second-order valence-corrected chi connectivity index (χ2v) is 5.11. The molecule has 2 heterocycles. The van der Waals surface area contributed by atoms with Crippen molar-refractivity contribution in [1.82, 2.24) is 5.32 Å². The van der Waals surface area contributed by atoms with Gasteiger partial charge in [0, 0.05) is 6.54 Å². The first-order valence-electron chi connectivity index (χ1n) is 5.80. The summed E-state index contributed by atoms with van der Waals surface area (Å²) >= 11 is 1.53. The van der Waals surface area contributed by atoms with Gasteiger partial charge in [0.2, 0.25) is 5.91 Å². The molecular weight excluding hydrogens is 238 g/mol. The van der Waals surface area contributed by atoms with Crippen LogP contribution in [-0.2, 0) is 9.53 Å². The summed E-state index contributed by atoms with van der Waals surface area (Å²) < 4.78 is 5.45. The Morgan fingerprint density at radius 1 is 1.71 bits per heavy atom. The third kappa shape index (κ3) is 3.28. The monoisotopic (exact) mass is 255 g/mol. The summed E-state index contributed by atoms with van der Waals surface area (Å²) in [6.07, 6.45) is 0.864. The molecule has 2 rings (SSSR count). The van der Waals surface area contributed by atoms with Crippen LogP contribution in [0.2, 0.25) is 0 Å². The highest BCUT2D eigenvalue weighted by molar-refractivity contribution is 7.07. The van der Waals surface area contributed by atoms with E-state index < -0.39 is 6.10 Å². The molecule has 1 aromatic rings. The van der Waals surface area contributed by atoms with Gasteiger partial charge in [0.25, 0.3) is 0 Å². The standard InChI is InChI=1S/C12H17NO3S/c1-8-2-3-11(16-8)12(15)13-6-10(14)9-4-5-17-7-9/h4-5,7-8,10-11,14H,2-3,6H2,1H3,(H,13,15). The minimum atomic E-state index is -0.635. The van der Waals surface area contributed by atoms with E-state index in [0.717, 1.165) is 18.4 Å². The van der Waals surface area contributed by atoms with Crippen molar-refractivity contribution in [3.63, 3.8) is 0 Å². The molecule has 0 radical (unpaired) electrons. The number of aliphatic hydroxyl groups excluding tert-OH is 1. The van der Waals surface area contributed by atoms with E-state index in [9.17, 15) is 9.90 Å². The molecule has 4 nitrogen and oxygen atoms in total.